The smallest absolute Gasteiger partial charge is 0.0659 e. The topological polar surface area (TPSA) is 12.4 Å². The van der Waals surface area contributed by atoms with Gasteiger partial charge in [-0.15, -0.1) is 0 Å². The molecule has 0 aromatic heterocycles. The monoisotopic (exact) mass is 253 g/mol. The summed E-state index contributed by atoms with van der Waals surface area (Å²) in [5.41, 5.74) is 6.57. The summed E-state index contributed by atoms with van der Waals surface area (Å²) in [5.74, 6) is 0. The van der Waals surface area contributed by atoms with E-state index in [1.165, 1.54) is 11.1 Å². The van der Waals surface area contributed by atoms with Gasteiger partial charge in [0, 0.05) is 5.56 Å². The molecule has 1 rings (SSSR count). The Morgan fingerprint density at radius 1 is 1.21 bits per heavy atom. The lowest BCUT2D eigenvalue weighted by atomic mass is 10.0. The van der Waals surface area contributed by atoms with Crippen LogP contribution in [0.25, 0.3) is 5.70 Å². The summed E-state index contributed by atoms with van der Waals surface area (Å²) in [6.07, 6.45) is 6.09. The molecule has 0 spiro atoms. The second-order valence-electron chi connectivity index (χ2n) is 4.66. The Hall–Kier alpha value is -1.89. The predicted molar refractivity (Wildman–Crippen MR) is 86.6 cm³/mol. The molecule has 0 N–H and O–H groups in total. The molecule has 0 atom stereocenters. The highest BCUT2D eigenvalue weighted by molar-refractivity contribution is 6.10. The minimum atomic E-state index is 0.815. The third-order valence-electron chi connectivity index (χ3n) is 3.33. The first-order valence-electron chi connectivity index (χ1n) is 6.61. The highest BCUT2D eigenvalue weighted by atomic mass is 14.8. The van der Waals surface area contributed by atoms with Crippen LogP contribution in [0.3, 0.4) is 0 Å². The van der Waals surface area contributed by atoms with Gasteiger partial charge in [-0.05, 0) is 57.4 Å². The summed E-state index contributed by atoms with van der Waals surface area (Å²) in [4.78, 5) is 4.68. The number of hydrogen-bond acceptors (Lipinski definition) is 1. The zero-order valence-electron chi connectivity index (χ0n) is 12.6. The van der Waals surface area contributed by atoms with Gasteiger partial charge in [-0.2, -0.15) is 0 Å². The molecule has 100 valence electrons. The molecule has 0 saturated carbocycles. The number of aliphatic imine (C=N–C) groups is 1. The van der Waals surface area contributed by atoms with Crippen LogP contribution in [0.5, 0.6) is 0 Å². The van der Waals surface area contributed by atoms with Crippen LogP contribution in [0.1, 0.15) is 37.5 Å². The lowest BCUT2D eigenvalue weighted by molar-refractivity contribution is 1.30. The predicted octanol–water partition coefficient (Wildman–Crippen LogP) is 5.26. The summed E-state index contributed by atoms with van der Waals surface area (Å²) in [6.45, 7) is 14.4. The molecule has 1 heteroatoms. The first kappa shape index (κ1) is 15.2. The third-order valence-corrected chi connectivity index (χ3v) is 3.33. The van der Waals surface area contributed by atoms with Gasteiger partial charge < -0.3 is 0 Å². The van der Waals surface area contributed by atoms with Crippen LogP contribution in [-0.2, 0) is 0 Å². The van der Waals surface area contributed by atoms with Crippen LogP contribution in [0, 0.1) is 13.8 Å². The standard InChI is InChI=1S/C18H23N/c1-7-10-18(13(3)8-2)19-16(6)17-12-9-11-14(4)15(17)5/h7-12H,6H2,1-5H3/b10-7-,13-8-,19-18?. The average Bonchev–Trinajstić information content (AvgIpc) is 2.40. The highest BCUT2D eigenvalue weighted by Crippen LogP contribution is 2.22. The maximum atomic E-state index is 4.68. The molecule has 0 aliphatic carbocycles. The van der Waals surface area contributed by atoms with Crippen molar-refractivity contribution < 1.29 is 0 Å². The lowest BCUT2D eigenvalue weighted by Gasteiger charge is -2.09. The lowest BCUT2D eigenvalue weighted by Crippen LogP contribution is -1.97. The molecule has 19 heavy (non-hydrogen) atoms. The second kappa shape index (κ2) is 6.89. The number of rotatable bonds is 4. The van der Waals surface area contributed by atoms with Crippen LogP contribution in [0.2, 0.25) is 0 Å². The zero-order chi connectivity index (χ0) is 14.4. The fourth-order valence-electron chi connectivity index (χ4n) is 1.83. The number of hydrogen-bond donors (Lipinski definition) is 0. The molecule has 1 aromatic carbocycles. The first-order valence-corrected chi connectivity index (χ1v) is 6.61. The molecule has 0 bridgehead atoms. The molecular weight excluding hydrogens is 230 g/mol. The molecule has 0 aliphatic heterocycles. The molecule has 1 nitrogen and oxygen atoms in total. The minimum absolute atomic E-state index is 0.815. The van der Waals surface area contributed by atoms with Gasteiger partial charge in [0.15, 0.2) is 0 Å². The van der Waals surface area contributed by atoms with E-state index >= 15 is 0 Å². The van der Waals surface area contributed by atoms with Gasteiger partial charge in [0.05, 0.1) is 11.4 Å². The van der Waals surface area contributed by atoms with Gasteiger partial charge in [-0.25, -0.2) is 4.99 Å². The Kier molecular flexibility index (Phi) is 5.50. The van der Waals surface area contributed by atoms with E-state index in [2.05, 4.69) is 56.6 Å². The van der Waals surface area contributed by atoms with Crippen molar-refractivity contribution in [2.24, 2.45) is 4.99 Å². The van der Waals surface area contributed by atoms with E-state index in [1.807, 2.05) is 26.0 Å². The normalized spacial score (nSPS) is 13.1. The summed E-state index contributed by atoms with van der Waals surface area (Å²) in [7, 11) is 0. The summed E-state index contributed by atoms with van der Waals surface area (Å²) in [5, 5.41) is 0. The molecule has 0 unspecified atom stereocenters. The number of aryl methyl sites for hydroxylation is 1. The summed E-state index contributed by atoms with van der Waals surface area (Å²) in [6, 6.07) is 6.24. The van der Waals surface area contributed by atoms with Gasteiger partial charge in [-0.3, -0.25) is 0 Å². The fraction of sp³-hybridized carbons (Fsp3) is 0.278. The van der Waals surface area contributed by atoms with Crippen molar-refractivity contribution >= 4 is 11.4 Å². The third kappa shape index (κ3) is 3.78. The van der Waals surface area contributed by atoms with Crippen molar-refractivity contribution in [2.75, 3.05) is 0 Å². The number of allylic oxidation sites excluding steroid dienone is 4. The first-order chi connectivity index (χ1) is 9.01. The van der Waals surface area contributed by atoms with Crippen molar-refractivity contribution in [3.8, 4) is 0 Å². The van der Waals surface area contributed by atoms with E-state index in [9.17, 15) is 0 Å². The van der Waals surface area contributed by atoms with Gasteiger partial charge in [0.25, 0.3) is 0 Å². The maximum absolute atomic E-state index is 4.68. The number of benzene rings is 1. The van der Waals surface area contributed by atoms with Crippen LogP contribution in [-0.4, -0.2) is 5.71 Å². The SMILES string of the molecule is C=C(N=C(/C=C\C)/C(C)=C\C)c1cccc(C)c1C. The largest absolute Gasteiger partial charge is 0.249 e. The fourth-order valence-corrected chi connectivity index (χ4v) is 1.83. The Balaban J connectivity index is 3.22. The Morgan fingerprint density at radius 2 is 1.89 bits per heavy atom. The van der Waals surface area contributed by atoms with Gasteiger partial charge in [0.2, 0.25) is 0 Å². The molecule has 0 aliphatic rings. The zero-order valence-corrected chi connectivity index (χ0v) is 12.6. The molecule has 0 radical (unpaired) electrons. The van der Waals surface area contributed by atoms with E-state index < -0.39 is 0 Å². The Labute approximate surface area is 117 Å². The highest BCUT2D eigenvalue weighted by Gasteiger charge is 2.05. The summed E-state index contributed by atoms with van der Waals surface area (Å²) >= 11 is 0. The molecule has 0 heterocycles. The number of nitrogens with zero attached hydrogens (tertiary/aromatic N) is 1. The van der Waals surface area contributed by atoms with Gasteiger partial charge in [-0.1, -0.05) is 36.9 Å². The van der Waals surface area contributed by atoms with Crippen LogP contribution >= 0.6 is 0 Å². The molecule has 0 amide bonds. The quantitative estimate of drug-likeness (QED) is 0.649. The van der Waals surface area contributed by atoms with E-state index in [-0.39, 0.29) is 0 Å². The molecule has 0 fully saturated rings. The molecule has 0 saturated heterocycles. The van der Waals surface area contributed by atoms with Crippen molar-refractivity contribution in [3.63, 3.8) is 0 Å². The van der Waals surface area contributed by atoms with Gasteiger partial charge in [0.1, 0.15) is 0 Å². The van der Waals surface area contributed by atoms with Gasteiger partial charge >= 0.3 is 0 Å². The van der Waals surface area contributed by atoms with Crippen molar-refractivity contribution in [3.05, 3.63) is 65.3 Å². The van der Waals surface area contributed by atoms with Crippen LogP contribution in [0.4, 0.5) is 0 Å². The molecule has 1 aromatic rings. The Bertz CT molecular complexity index is 557. The summed E-state index contributed by atoms with van der Waals surface area (Å²) < 4.78 is 0. The van der Waals surface area contributed by atoms with E-state index in [0.29, 0.717) is 0 Å². The van der Waals surface area contributed by atoms with E-state index in [4.69, 9.17) is 0 Å². The van der Waals surface area contributed by atoms with Crippen LogP contribution < -0.4 is 0 Å². The molecular formula is C18H23N. The van der Waals surface area contributed by atoms with E-state index in [0.717, 1.165) is 22.5 Å². The van der Waals surface area contributed by atoms with E-state index in [1.54, 1.807) is 0 Å². The van der Waals surface area contributed by atoms with Crippen molar-refractivity contribution in [2.45, 2.75) is 34.6 Å². The maximum Gasteiger partial charge on any atom is 0.0659 e. The van der Waals surface area contributed by atoms with Crippen molar-refractivity contribution in [1.29, 1.82) is 0 Å². The van der Waals surface area contributed by atoms with Crippen LogP contribution in [0.15, 0.2) is 53.6 Å². The van der Waals surface area contributed by atoms with Crippen molar-refractivity contribution in [1.82, 2.24) is 0 Å². The Morgan fingerprint density at radius 3 is 2.47 bits per heavy atom. The second-order valence-corrected chi connectivity index (χ2v) is 4.66. The average molecular weight is 253 g/mol. The minimum Gasteiger partial charge on any atom is -0.249 e.